The highest BCUT2D eigenvalue weighted by atomic mass is 16.5. The number of phenols is 1. The largest absolute Gasteiger partial charge is 0.507 e. The highest BCUT2D eigenvalue weighted by molar-refractivity contribution is 5.90. The molecule has 0 aliphatic carbocycles. The van der Waals surface area contributed by atoms with Crippen LogP contribution < -0.4 is 9.47 Å². The molecule has 2 unspecified atom stereocenters. The molecular formula is C28H32O5. The number of methoxy groups -OCH3 is 1. The van der Waals surface area contributed by atoms with E-state index in [1.165, 1.54) is 0 Å². The zero-order valence-electron chi connectivity index (χ0n) is 20.5. The lowest BCUT2D eigenvalue weighted by molar-refractivity contribution is -0.157. The molecule has 5 nitrogen and oxygen atoms in total. The maximum absolute atomic E-state index is 13.6. The minimum absolute atomic E-state index is 0.278. The fraction of sp³-hybridized carbons (Fsp3) is 0.393. The van der Waals surface area contributed by atoms with Crippen LogP contribution in [0.3, 0.4) is 0 Å². The minimum Gasteiger partial charge on any atom is -0.507 e. The van der Waals surface area contributed by atoms with Crippen LogP contribution in [0.15, 0.2) is 36.4 Å². The standard InChI is InChI=1S/C28H32O5/c1-8-32-26(30)28(6,21-11-9-20-14-22(31-7)12-10-19(20)13-21)27(5)15-23-18(4)24(29)16(2)17(3)25(23)33-27/h9-14,29H,8,15H2,1-7H3. The number of carbonyl (C=O) groups excluding carboxylic acids is 1. The second kappa shape index (κ2) is 7.98. The number of aromatic hydroxyl groups is 1. The van der Waals surface area contributed by atoms with E-state index in [4.69, 9.17) is 14.2 Å². The lowest BCUT2D eigenvalue weighted by Crippen LogP contribution is -2.56. The van der Waals surface area contributed by atoms with Gasteiger partial charge in [0.2, 0.25) is 0 Å². The third-order valence-corrected chi connectivity index (χ3v) is 7.55. The second-order valence-electron chi connectivity index (χ2n) is 9.31. The van der Waals surface area contributed by atoms with Crippen LogP contribution in [-0.2, 0) is 21.4 Å². The molecule has 3 aromatic rings. The predicted octanol–water partition coefficient (Wildman–Crippen LogP) is 5.69. The first-order valence-electron chi connectivity index (χ1n) is 11.3. The summed E-state index contributed by atoms with van der Waals surface area (Å²) in [5.41, 5.74) is 2.27. The van der Waals surface area contributed by atoms with E-state index >= 15 is 0 Å². The van der Waals surface area contributed by atoms with Crippen molar-refractivity contribution < 1.29 is 24.1 Å². The fourth-order valence-electron chi connectivity index (χ4n) is 4.97. The van der Waals surface area contributed by atoms with Crippen LogP contribution in [-0.4, -0.2) is 30.4 Å². The van der Waals surface area contributed by atoms with Gasteiger partial charge in [-0.2, -0.15) is 0 Å². The molecule has 1 aliphatic rings. The molecule has 4 rings (SSSR count). The van der Waals surface area contributed by atoms with Gasteiger partial charge < -0.3 is 19.3 Å². The zero-order valence-corrected chi connectivity index (χ0v) is 20.5. The van der Waals surface area contributed by atoms with Crippen molar-refractivity contribution in [2.45, 2.75) is 59.0 Å². The SMILES string of the molecule is CCOC(=O)C(C)(c1ccc2cc(OC)ccc2c1)C1(C)Cc2c(C)c(O)c(C)c(C)c2O1. The van der Waals surface area contributed by atoms with Crippen LogP contribution in [0.1, 0.15) is 48.6 Å². The molecule has 1 aliphatic heterocycles. The molecule has 0 bridgehead atoms. The Bertz CT molecular complexity index is 1220. The van der Waals surface area contributed by atoms with Crippen LogP contribution in [0, 0.1) is 20.8 Å². The summed E-state index contributed by atoms with van der Waals surface area (Å²) in [6, 6.07) is 11.9. The number of hydrogen-bond donors (Lipinski definition) is 1. The highest BCUT2D eigenvalue weighted by Crippen LogP contribution is 2.52. The smallest absolute Gasteiger partial charge is 0.320 e. The maximum atomic E-state index is 13.6. The summed E-state index contributed by atoms with van der Waals surface area (Å²) in [6.07, 6.45) is 0.485. The van der Waals surface area contributed by atoms with Crippen LogP contribution in [0.25, 0.3) is 10.8 Å². The summed E-state index contributed by atoms with van der Waals surface area (Å²) in [6.45, 7) is 11.7. The first kappa shape index (κ1) is 23.0. The van der Waals surface area contributed by atoms with Gasteiger partial charge in [-0.1, -0.05) is 18.2 Å². The third kappa shape index (κ3) is 3.33. The molecule has 0 saturated carbocycles. The summed E-state index contributed by atoms with van der Waals surface area (Å²) in [4.78, 5) is 13.6. The highest BCUT2D eigenvalue weighted by Gasteiger charge is 2.58. The minimum atomic E-state index is -1.08. The second-order valence-corrected chi connectivity index (χ2v) is 9.31. The topological polar surface area (TPSA) is 65.0 Å². The molecule has 0 saturated heterocycles. The van der Waals surface area contributed by atoms with E-state index in [0.29, 0.717) is 6.42 Å². The van der Waals surface area contributed by atoms with Gasteiger partial charge in [0, 0.05) is 12.0 Å². The van der Waals surface area contributed by atoms with Crippen molar-refractivity contribution in [3.63, 3.8) is 0 Å². The lowest BCUT2D eigenvalue weighted by Gasteiger charge is -2.41. The summed E-state index contributed by atoms with van der Waals surface area (Å²) in [5, 5.41) is 12.7. The molecule has 0 fully saturated rings. The van der Waals surface area contributed by atoms with Crippen LogP contribution in [0.5, 0.6) is 17.2 Å². The Hall–Kier alpha value is -3.21. The number of esters is 1. The van der Waals surface area contributed by atoms with E-state index in [-0.39, 0.29) is 18.3 Å². The number of fused-ring (bicyclic) bond motifs is 2. The maximum Gasteiger partial charge on any atom is 0.320 e. The van der Waals surface area contributed by atoms with E-state index in [1.54, 1.807) is 7.11 Å². The Kier molecular flexibility index (Phi) is 5.55. The molecular weight excluding hydrogens is 416 g/mol. The molecule has 0 aromatic heterocycles. The summed E-state index contributed by atoms with van der Waals surface area (Å²) < 4.78 is 17.6. The molecule has 0 amide bonds. The molecule has 1 N–H and O–H groups in total. The zero-order chi connectivity index (χ0) is 24.1. The molecule has 1 heterocycles. The van der Waals surface area contributed by atoms with Crippen molar-refractivity contribution in [3.05, 3.63) is 64.2 Å². The molecule has 5 heteroatoms. The van der Waals surface area contributed by atoms with Gasteiger partial charge >= 0.3 is 5.97 Å². The van der Waals surface area contributed by atoms with Crippen molar-refractivity contribution >= 4 is 16.7 Å². The average Bonchev–Trinajstić information content (AvgIpc) is 3.19. The fourth-order valence-corrected chi connectivity index (χ4v) is 4.97. The Morgan fingerprint density at radius 2 is 1.76 bits per heavy atom. The van der Waals surface area contributed by atoms with Crippen LogP contribution >= 0.6 is 0 Å². The van der Waals surface area contributed by atoms with Crippen molar-refractivity contribution in [2.24, 2.45) is 0 Å². The number of phenolic OH excluding ortho intramolecular Hbond substituents is 1. The van der Waals surface area contributed by atoms with Gasteiger partial charge in [0.25, 0.3) is 0 Å². The molecule has 0 spiro atoms. The van der Waals surface area contributed by atoms with E-state index in [1.807, 2.05) is 77.9 Å². The number of benzene rings is 3. The van der Waals surface area contributed by atoms with E-state index in [0.717, 1.165) is 50.1 Å². The average molecular weight is 449 g/mol. The van der Waals surface area contributed by atoms with Gasteiger partial charge in [-0.05, 0) is 92.8 Å². The van der Waals surface area contributed by atoms with Gasteiger partial charge in [0.15, 0.2) is 0 Å². The first-order valence-corrected chi connectivity index (χ1v) is 11.3. The number of ether oxygens (including phenoxy) is 3. The van der Waals surface area contributed by atoms with Crippen LogP contribution in [0.2, 0.25) is 0 Å². The van der Waals surface area contributed by atoms with Gasteiger partial charge in [-0.15, -0.1) is 0 Å². The normalized spacial score (nSPS) is 19.0. The van der Waals surface area contributed by atoms with Gasteiger partial charge in [-0.3, -0.25) is 4.79 Å². The number of rotatable bonds is 5. The van der Waals surface area contributed by atoms with Crippen molar-refractivity contribution in [3.8, 4) is 17.2 Å². The molecule has 33 heavy (non-hydrogen) atoms. The molecule has 0 radical (unpaired) electrons. The molecule has 2 atom stereocenters. The Morgan fingerprint density at radius 1 is 1.09 bits per heavy atom. The monoisotopic (exact) mass is 448 g/mol. The Morgan fingerprint density at radius 3 is 2.42 bits per heavy atom. The summed E-state index contributed by atoms with van der Waals surface area (Å²) in [7, 11) is 1.65. The quantitative estimate of drug-likeness (QED) is 0.508. The molecule has 174 valence electrons. The number of carbonyl (C=O) groups is 1. The molecule has 3 aromatic carbocycles. The number of hydrogen-bond acceptors (Lipinski definition) is 5. The van der Waals surface area contributed by atoms with Gasteiger partial charge in [0.05, 0.1) is 13.7 Å². The van der Waals surface area contributed by atoms with Gasteiger partial charge in [-0.25, -0.2) is 0 Å². The van der Waals surface area contributed by atoms with Crippen molar-refractivity contribution in [1.82, 2.24) is 0 Å². The Labute approximate surface area is 195 Å². The third-order valence-electron chi connectivity index (χ3n) is 7.55. The first-order chi connectivity index (χ1) is 15.6. The van der Waals surface area contributed by atoms with Crippen LogP contribution in [0.4, 0.5) is 0 Å². The summed E-state index contributed by atoms with van der Waals surface area (Å²) in [5.74, 6) is 1.50. The van der Waals surface area contributed by atoms with E-state index in [9.17, 15) is 9.90 Å². The van der Waals surface area contributed by atoms with E-state index in [2.05, 4.69) is 0 Å². The van der Waals surface area contributed by atoms with Crippen molar-refractivity contribution in [1.29, 1.82) is 0 Å². The van der Waals surface area contributed by atoms with Crippen molar-refractivity contribution in [2.75, 3.05) is 13.7 Å². The summed E-state index contributed by atoms with van der Waals surface area (Å²) >= 11 is 0. The van der Waals surface area contributed by atoms with Gasteiger partial charge in [0.1, 0.15) is 28.3 Å². The lowest BCUT2D eigenvalue weighted by atomic mass is 9.67. The predicted molar refractivity (Wildman–Crippen MR) is 130 cm³/mol. The van der Waals surface area contributed by atoms with E-state index < -0.39 is 11.0 Å². The Balaban J connectivity index is 1.89.